The number of nitrogens with one attached hydrogen (secondary N) is 1. The van der Waals surface area contributed by atoms with Gasteiger partial charge in [-0.25, -0.2) is 4.98 Å². The van der Waals surface area contributed by atoms with E-state index in [9.17, 15) is 14.7 Å². The first-order valence-corrected chi connectivity index (χ1v) is 10.5. The standard InChI is InChI=1S/C21H30N4O4/c1-14-12-23-16(13-22-14)17(26)24-20(2)8-11-29-21(19(20)28)6-9-25(10-7-21)18(27)15-4-3-5-15/h12-13,15,19,28H,3-11H2,1-2H3,(H,24,26)/t19-,20+/m1/s1. The number of nitrogens with zero attached hydrogens (tertiary/aromatic N) is 3. The van der Waals surface area contributed by atoms with E-state index < -0.39 is 17.2 Å². The molecule has 158 valence electrons. The van der Waals surface area contributed by atoms with Crippen LogP contribution in [0.3, 0.4) is 0 Å². The number of ether oxygens (including phenoxy) is 1. The Balaban J connectivity index is 1.43. The van der Waals surface area contributed by atoms with Crippen molar-refractivity contribution in [2.75, 3.05) is 19.7 Å². The van der Waals surface area contributed by atoms with E-state index in [-0.39, 0.29) is 23.4 Å². The van der Waals surface area contributed by atoms with Gasteiger partial charge in [-0.05, 0) is 46.0 Å². The number of piperidine rings is 1. The molecule has 2 aliphatic heterocycles. The second-order valence-electron chi connectivity index (χ2n) is 8.93. The number of carbonyl (C=O) groups excluding carboxylic acids is 2. The summed E-state index contributed by atoms with van der Waals surface area (Å²) in [5.74, 6) is 0.0699. The van der Waals surface area contributed by atoms with Gasteiger partial charge in [-0.15, -0.1) is 0 Å². The highest BCUT2D eigenvalue weighted by Gasteiger charge is 2.54. The molecule has 2 saturated heterocycles. The lowest BCUT2D eigenvalue weighted by Crippen LogP contribution is -2.69. The van der Waals surface area contributed by atoms with Crippen LogP contribution in [0.15, 0.2) is 12.4 Å². The van der Waals surface area contributed by atoms with Crippen molar-refractivity contribution in [3.05, 3.63) is 23.8 Å². The van der Waals surface area contributed by atoms with E-state index in [2.05, 4.69) is 15.3 Å². The molecule has 0 bridgehead atoms. The lowest BCUT2D eigenvalue weighted by Gasteiger charge is -2.53. The van der Waals surface area contributed by atoms with E-state index in [1.165, 1.54) is 6.20 Å². The fraction of sp³-hybridized carbons (Fsp3) is 0.714. The fourth-order valence-electron chi connectivity index (χ4n) is 4.66. The number of aryl methyl sites for hydroxylation is 1. The molecule has 2 atom stereocenters. The van der Waals surface area contributed by atoms with Crippen LogP contribution < -0.4 is 5.32 Å². The van der Waals surface area contributed by atoms with Gasteiger partial charge in [-0.2, -0.15) is 0 Å². The van der Waals surface area contributed by atoms with E-state index in [1.807, 2.05) is 18.7 Å². The summed E-state index contributed by atoms with van der Waals surface area (Å²) < 4.78 is 6.08. The zero-order valence-corrected chi connectivity index (χ0v) is 17.2. The monoisotopic (exact) mass is 402 g/mol. The minimum Gasteiger partial charge on any atom is -0.388 e. The second-order valence-corrected chi connectivity index (χ2v) is 8.93. The predicted octanol–water partition coefficient (Wildman–Crippen LogP) is 1.22. The van der Waals surface area contributed by atoms with Crippen LogP contribution in [-0.2, 0) is 9.53 Å². The van der Waals surface area contributed by atoms with Crippen LogP contribution in [0.2, 0.25) is 0 Å². The Bertz CT molecular complexity index is 771. The first kappa shape index (κ1) is 20.2. The van der Waals surface area contributed by atoms with Crippen LogP contribution in [0.1, 0.15) is 61.6 Å². The smallest absolute Gasteiger partial charge is 0.271 e. The van der Waals surface area contributed by atoms with Crippen LogP contribution in [0.25, 0.3) is 0 Å². The summed E-state index contributed by atoms with van der Waals surface area (Å²) in [6, 6.07) is 0. The lowest BCUT2D eigenvalue weighted by molar-refractivity contribution is -0.206. The topological polar surface area (TPSA) is 105 Å². The van der Waals surface area contributed by atoms with Crippen molar-refractivity contribution in [1.29, 1.82) is 0 Å². The van der Waals surface area contributed by atoms with Gasteiger partial charge >= 0.3 is 0 Å². The molecular formula is C21H30N4O4. The van der Waals surface area contributed by atoms with Crippen LogP contribution in [-0.4, -0.2) is 68.7 Å². The molecule has 3 fully saturated rings. The Hall–Kier alpha value is -2.06. The van der Waals surface area contributed by atoms with Crippen molar-refractivity contribution in [1.82, 2.24) is 20.2 Å². The quantitative estimate of drug-likeness (QED) is 0.788. The first-order valence-electron chi connectivity index (χ1n) is 10.5. The molecule has 4 rings (SSSR count). The van der Waals surface area contributed by atoms with Crippen molar-refractivity contribution in [2.45, 2.75) is 69.6 Å². The maximum absolute atomic E-state index is 12.7. The van der Waals surface area contributed by atoms with Crippen LogP contribution in [0, 0.1) is 12.8 Å². The molecule has 3 aliphatic rings. The van der Waals surface area contributed by atoms with E-state index in [0.29, 0.717) is 39.0 Å². The molecule has 1 saturated carbocycles. The molecule has 2 N–H and O–H groups in total. The second kappa shape index (κ2) is 7.65. The van der Waals surface area contributed by atoms with Gasteiger partial charge in [-0.3, -0.25) is 14.6 Å². The Morgan fingerprint density at radius 1 is 1.21 bits per heavy atom. The molecule has 8 nitrogen and oxygen atoms in total. The number of aliphatic hydroxyl groups excluding tert-OH is 1. The average molecular weight is 402 g/mol. The number of likely N-dealkylation sites (tertiary alicyclic amines) is 1. The highest BCUT2D eigenvalue weighted by atomic mass is 16.5. The van der Waals surface area contributed by atoms with E-state index in [1.54, 1.807) is 6.20 Å². The number of rotatable bonds is 3. The number of aliphatic hydroxyl groups is 1. The van der Waals surface area contributed by atoms with Gasteiger partial charge < -0.3 is 20.1 Å². The number of carbonyl (C=O) groups is 2. The third-order valence-electron chi connectivity index (χ3n) is 6.90. The molecule has 29 heavy (non-hydrogen) atoms. The molecule has 1 aromatic heterocycles. The molecule has 3 heterocycles. The fourth-order valence-corrected chi connectivity index (χ4v) is 4.66. The van der Waals surface area contributed by atoms with E-state index >= 15 is 0 Å². The Morgan fingerprint density at radius 3 is 2.52 bits per heavy atom. The summed E-state index contributed by atoms with van der Waals surface area (Å²) in [4.78, 5) is 35.4. The normalized spacial score (nSPS) is 29.3. The highest BCUT2D eigenvalue weighted by molar-refractivity contribution is 5.92. The maximum atomic E-state index is 12.7. The van der Waals surface area contributed by atoms with E-state index in [0.717, 1.165) is 25.0 Å². The Labute approximate surface area is 171 Å². The van der Waals surface area contributed by atoms with Gasteiger partial charge in [0.25, 0.3) is 5.91 Å². The van der Waals surface area contributed by atoms with Crippen LogP contribution in [0.4, 0.5) is 0 Å². The van der Waals surface area contributed by atoms with Crippen molar-refractivity contribution < 1.29 is 19.4 Å². The molecular weight excluding hydrogens is 372 g/mol. The van der Waals surface area contributed by atoms with Crippen molar-refractivity contribution in [3.63, 3.8) is 0 Å². The van der Waals surface area contributed by atoms with Crippen LogP contribution in [0.5, 0.6) is 0 Å². The number of amides is 2. The van der Waals surface area contributed by atoms with Crippen LogP contribution >= 0.6 is 0 Å². The molecule has 0 unspecified atom stereocenters. The van der Waals surface area contributed by atoms with Gasteiger partial charge in [-0.1, -0.05) is 6.42 Å². The summed E-state index contributed by atoms with van der Waals surface area (Å²) in [5, 5.41) is 14.2. The zero-order valence-electron chi connectivity index (χ0n) is 17.2. The zero-order chi connectivity index (χ0) is 20.6. The molecule has 8 heteroatoms. The van der Waals surface area contributed by atoms with Gasteiger partial charge in [0.2, 0.25) is 5.91 Å². The summed E-state index contributed by atoms with van der Waals surface area (Å²) in [7, 11) is 0. The van der Waals surface area contributed by atoms with Gasteiger partial charge in [0.15, 0.2) is 0 Å². The van der Waals surface area contributed by atoms with Gasteiger partial charge in [0.1, 0.15) is 11.8 Å². The molecule has 0 radical (unpaired) electrons. The third-order valence-corrected chi connectivity index (χ3v) is 6.90. The Morgan fingerprint density at radius 2 is 1.93 bits per heavy atom. The Kier molecular flexibility index (Phi) is 5.33. The summed E-state index contributed by atoms with van der Waals surface area (Å²) in [5.41, 5.74) is -0.607. The summed E-state index contributed by atoms with van der Waals surface area (Å²) in [6.45, 7) is 5.28. The van der Waals surface area contributed by atoms with Gasteiger partial charge in [0.05, 0.1) is 23.0 Å². The highest BCUT2D eigenvalue weighted by Crippen LogP contribution is 2.41. The SMILES string of the molecule is Cc1cnc(C(=O)N[C@@]2(C)CCOC3(CCN(C(=O)C4CCC4)CC3)[C@@H]2O)cn1. The van der Waals surface area contributed by atoms with Gasteiger partial charge in [0, 0.05) is 31.8 Å². The molecule has 1 aliphatic carbocycles. The average Bonchev–Trinajstić information content (AvgIpc) is 2.66. The lowest BCUT2D eigenvalue weighted by atomic mass is 9.72. The van der Waals surface area contributed by atoms with Crippen molar-refractivity contribution >= 4 is 11.8 Å². The van der Waals surface area contributed by atoms with Crippen molar-refractivity contribution in [3.8, 4) is 0 Å². The number of aromatic nitrogens is 2. The first-order chi connectivity index (χ1) is 13.8. The minimum absolute atomic E-state index is 0.182. The molecule has 1 aromatic rings. The van der Waals surface area contributed by atoms with Crippen molar-refractivity contribution in [2.24, 2.45) is 5.92 Å². The maximum Gasteiger partial charge on any atom is 0.271 e. The molecule has 2 amide bonds. The number of hydrogen-bond acceptors (Lipinski definition) is 6. The number of hydrogen-bond donors (Lipinski definition) is 2. The third kappa shape index (κ3) is 3.75. The molecule has 1 spiro atoms. The van der Waals surface area contributed by atoms with E-state index in [4.69, 9.17) is 4.74 Å². The molecule has 0 aromatic carbocycles. The summed E-state index contributed by atoms with van der Waals surface area (Å²) >= 11 is 0. The minimum atomic E-state index is -0.868. The summed E-state index contributed by atoms with van der Waals surface area (Å²) in [6.07, 6.45) is 6.90. The largest absolute Gasteiger partial charge is 0.388 e. The predicted molar refractivity (Wildman–Crippen MR) is 105 cm³/mol.